The summed E-state index contributed by atoms with van der Waals surface area (Å²) in [5, 5.41) is 3.15. The lowest BCUT2D eigenvalue weighted by Crippen LogP contribution is -2.05. The van der Waals surface area contributed by atoms with Gasteiger partial charge in [0, 0.05) is 11.1 Å². The summed E-state index contributed by atoms with van der Waals surface area (Å²) in [7, 11) is 0. The Bertz CT molecular complexity index is 826. The number of halogens is 5. The maximum absolute atomic E-state index is 12.6. The van der Waals surface area contributed by atoms with Crippen LogP contribution in [0.1, 0.15) is 16.7 Å². The highest BCUT2D eigenvalue weighted by Gasteiger charge is 2.30. The number of nitrogens with one attached hydrogen (secondary N) is 1. The van der Waals surface area contributed by atoms with Gasteiger partial charge in [0.2, 0.25) is 0 Å². The number of amides is 1. The molecule has 0 aliphatic carbocycles. The average Bonchev–Trinajstić information content (AvgIpc) is 2.80. The van der Waals surface area contributed by atoms with Crippen molar-refractivity contribution in [3.63, 3.8) is 0 Å². The molecule has 23 heavy (non-hydrogen) atoms. The number of carbonyl (C=O) groups excluding carboxylic acids is 1. The van der Waals surface area contributed by atoms with Crippen LogP contribution in [-0.2, 0) is 11.0 Å². The van der Waals surface area contributed by atoms with Crippen LogP contribution >= 0.6 is 23.2 Å². The van der Waals surface area contributed by atoms with E-state index in [0.717, 1.165) is 12.1 Å². The molecule has 0 aromatic heterocycles. The van der Waals surface area contributed by atoms with E-state index in [1.165, 1.54) is 18.2 Å². The zero-order valence-electron chi connectivity index (χ0n) is 11.3. The second-order valence-corrected chi connectivity index (χ2v) is 5.70. The van der Waals surface area contributed by atoms with Crippen LogP contribution in [-0.4, -0.2) is 5.91 Å². The topological polar surface area (TPSA) is 29.1 Å². The Balaban J connectivity index is 2.02. The summed E-state index contributed by atoms with van der Waals surface area (Å²) in [6.45, 7) is 0. The Morgan fingerprint density at radius 2 is 1.65 bits per heavy atom. The van der Waals surface area contributed by atoms with Gasteiger partial charge in [-0.2, -0.15) is 13.2 Å². The fourth-order valence-electron chi connectivity index (χ4n) is 2.28. The summed E-state index contributed by atoms with van der Waals surface area (Å²) in [6, 6.07) is 7.74. The Morgan fingerprint density at radius 3 is 2.26 bits per heavy atom. The lowest BCUT2D eigenvalue weighted by atomic mass is 10.0. The third-order valence-corrected chi connectivity index (χ3v) is 4.22. The van der Waals surface area contributed by atoms with E-state index in [2.05, 4.69) is 5.32 Å². The zero-order valence-corrected chi connectivity index (χ0v) is 12.9. The molecular weight excluding hydrogens is 350 g/mol. The van der Waals surface area contributed by atoms with E-state index in [4.69, 9.17) is 23.2 Å². The normalized spacial score (nSPS) is 15.7. The molecule has 118 valence electrons. The number of alkyl halides is 3. The van der Waals surface area contributed by atoms with Crippen LogP contribution in [0.5, 0.6) is 0 Å². The van der Waals surface area contributed by atoms with Gasteiger partial charge in [0.15, 0.2) is 0 Å². The van der Waals surface area contributed by atoms with Crippen molar-refractivity contribution in [2.45, 2.75) is 6.18 Å². The smallest absolute Gasteiger partial charge is 0.320 e. The van der Waals surface area contributed by atoms with Gasteiger partial charge < -0.3 is 5.32 Å². The lowest BCUT2D eigenvalue weighted by Gasteiger charge is -2.06. The predicted octanol–water partition coefficient (Wildman–Crippen LogP) is 5.50. The first-order valence-corrected chi connectivity index (χ1v) is 7.21. The van der Waals surface area contributed by atoms with Crippen LogP contribution in [0.15, 0.2) is 36.4 Å². The Hall–Kier alpha value is -1.98. The molecule has 3 rings (SSSR count). The maximum atomic E-state index is 12.6. The van der Waals surface area contributed by atoms with E-state index in [-0.39, 0.29) is 10.9 Å². The largest absolute Gasteiger partial charge is 0.416 e. The number of anilines is 1. The van der Waals surface area contributed by atoms with E-state index in [1.807, 2.05) is 0 Å². The molecule has 2 aromatic carbocycles. The van der Waals surface area contributed by atoms with Crippen molar-refractivity contribution < 1.29 is 18.0 Å². The van der Waals surface area contributed by atoms with E-state index in [9.17, 15) is 18.0 Å². The molecule has 0 saturated carbocycles. The van der Waals surface area contributed by atoms with Crippen molar-refractivity contribution in [1.29, 1.82) is 0 Å². The Kier molecular flexibility index (Phi) is 3.86. The monoisotopic (exact) mass is 357 g/mol. The summed E-state index contributed by atoms with van der Waals surface area (Å²) in [5.74, 6) is -0.385. The van der Waals surface area contributed by atoms with E-state index in [1.54, 1.807) is 12.1 Å². The highest BCUT2D eigenvalue weighted by molar-refractivity contribution is 6.47. The molecule has 1 heterocycles. The SMILES string of the molecule is O=C1Nc2c(ccc(Cl)c2Cl)/C1=C/c1ccc(C(F)(F)F)cc1. The van der Waals surface area contributed by atoms with E-state index < -0.39 is 11.7 Å². The number of rotatable bonds is 1. The molecule has 0 fully saturated rings. The average molecular weight is 358 g/mol. The molecule has 0 bridgehead atoms. The molecule has 2 aromatic rings. The van der Waals surface area contributed by atoms with Crippen LogP contribution in [0.4, 0.5) is 18.9 Å². The molecule has 0 unspecified atom stereocenters. The molecule has 1 amide bonds. The number of hydrogen-bond acceptors (Lipinski definition) is 1. The third kappa shape index (κ3) is 2.94. The van der Waals surface area contributed by atoms with E-state index in [0.29, 0.717) is 27.4 Å². The molecule has 2 nitrogen and oxygen atoms in total. The third-order valence-electron chi connectivity index (χ3n) is 3.42. The van der Waals surface area contributed by atoms with Crippen LogP contribution in [0.25, 0.3) is 11.6 Å². The highest BCUT2D eigenvalue weighted by Crippen LogP contribution is 2.41. The Labute approximate surface area is 139 Å². The summed E-state index contributed by atoms with van der Waals surface area (Å²) in [6.07, 6.45) is -2.89. The molecule has 0 saturated heterocycles. The summed E-state index contributed by atoms with van der Waals surface area (Å²) in [4.78, 5) is 12.1. The zero-order chi connectivity index (χ0) is 16.8. The van der Waals surface area contributed by atoms with E-state index >= 15 is 0 Å². The van der Waals surface area contributed by atoms with Crippen molar-refractivity contribution in [2.75, 3.05) is 5.32 Å². The molecule has 0 atom stereocenters. The molecule has 0 spiro atoms. The van der Waals surface area contributed by atoms with Gasteiger partial charge in [-0.05, 0) is 29.8 Å². The van der Waals surface area contributed by atoms with Gasteiger partial charge in [0.25, 0.3) is 5.91 Å². The van der Waals surface area contributed by atoms with Crippen molar-refractivity contribution in [3.8, 4) is 0 Å². The minimum absolute atomic E-state index is 0.230. The summed E-state index contributed by atoms with van der Waals surface area (Å²) >= 11 is 11.9. The van der Waals surface area contributed by atoms with Crippen molar-refractivity contribution in [3.05, 3.63) is 63.1 Å². The molecule has 7 heteroatoms. The number of fused-ring (bicyclic) bond motifs is 1. The van der Waals surface area contributed by atoms with Crippen LogP contribution < -0.4 is 5.32 Å². The van der Waals surface area contributed by atoms with Gasteiger partial charge in [-0.3, -0.25) is 4.79 Å². The van der Waals surface area contributed by atoms with Gasteiger partial charge in [-0.1, -0.05) is 41.4 Å². The standard InChI is InChI=1S/C16H8Cl2F3NO/c17-12-6-5-10-11(15(23)22-14(10)13(12)18)7-8-1-3-9(4-2-8)16(19,20)21/h1-7H,(H,22,23)/b11-7-. The van der Waals surface area contributed by atoms with Gasteiger partial charge in [-0.15, -0.1) is 0 Å². The van der Waals surface area contributed by atoms with Gasteiger partial charge >= 0.3 is 6.18 Å². The van der Waals surface area contributed by atoms with Crippen LogP contribution in [0.2, 0.25) is 10.0 Å². The Morgan fingerprint density at radius 1 is 1.00 bits per heavy atom. The molecule has 1 aliphatic rings. The second kappa shape index (κ2) is 5.58. The van der Waals surface area contributed by atoms with Gasteiger partial charge in [-0.25, -0.2) is 0 Å². The van der Waals surface area contributed by atoms with Crippen LogP contribution in [0.3, 0.4) is 0 Å². The minimum atomic E-state index is -4.40. The van der Waals surface area contributed by atoms with Crippen molar-refractivity contribution in [2.24, 2.45) is 0 Å². The molecular formula is C16H8Cl2F3NO. The molecule has 1 N–H and O–H groups in total. The lowest BCUT2D eigenvalue weighted by molar-refractivity contribution is -0.137. The highest BCUT2D eigenvalue weighted by atomic mass is 35.5. The summed E-state index contributed by atoms with van der Waals surface area (Å²) < 4.78 is 37.7. The van der Waals surface area contributed by atoms with Crippen LogP contribution in [0, 0.1) is 0 Å². The van der Waals surface area contributed by atoms with Gasteiger partial charge in [0.1, 0.15) is 0 Å². The number of carbonyl (C=O) groups is 1. The fourth-order valence-corrected chi connectivity index (χ4v) is 2.65. The number of benzene rings is 2. The molecule has 0 radical (unpaired) electrons. The van der Waals surface area contributed by atoms with Gasteiger partial charge in [0.05, 0.1) is 21.3 Å². The predicted molar refractivity (Wildman–Crippen MR) is 84.4 cm³/mol. The first kappa shape index (κ1) is 15.9. The van der Waals surface area contributed by atoms with Crippen molar-refractivity contribution >= 4 is 46.4 Å². The quantitative estimate of drug-likeness (QED) is 0.670. The maximum Gasteiger partial charge on any atom is 0.416 e. The second-order valence-electron chi connectivity index (χ2n) is 4.92. The first-order valence-electron chi connectivity index (χ1n) is 6.46. The van der Waals surface area contributed by atoms with Crippen molar-refractivity contribution in [1.82, 2.24) is 0 Å². The number of hydrogen-bond donors (Lipinski definition) is 1. The molecule has 1 aliphatic heterocycles. The minimum Gasteiger partial charge on any atom is -0.320 e. The first-order chi connectivity index (χ1) is 10.8. The summed E-state index contributed by atoms with van der Waals surface area (Å²) in [5.41, 5.74) is 1.01. The fraction of sp³-hybridized carbons (Fsp3) is 0.0625.